The molecule has 0 atom stereocenters. The van der Waals surface area contributed by atoms with Crippen molar-refractivity contribution in [3.05, 3.63) is 42.1 Å². The number of amides is 1. The Balaban J connectivity index is 2.69. The maximum atomic E-state index is 11.8. The molecule has 0 aliphatic carbocycles. The Bertz CT molecular complexity index is 365. The highest BCUT2D eigenvalue weighted by molar-refractivity contribution is 6.87. The third-order valence-corrected chi connectivity index (χ3v) is 4.25. The van der Waals surface area contributed by atoms with Crippen LogP contribution in [0.4, 0.5) is 5.69 Å². The van der Waals surface area contributed by atoms with Gasteiger partial charge in [0.1, 0.15) is 0 Å². The molecule has 1 amide bonds. The molecule has 1 aromatic rings. The smallest absolute Gasteiger partial charge is 0.246 e. The molecule has 0 saturated heterocycles. The number of rotatable bonds is 3. The third kappa shape index (κ3) is 3.36. The molecule has 80 valence electrons. The third-order valence-electron chi connectivity index (χ3n) is 2.21. The van der Waals surface area contributed by atoms with Crippen LogP contribution in [0.2, 0.25) is 19.6 Å². The minimum Gasteiger partial charge on any atom is -0.323 e. The van der Waals surface area contributed by atoms with Gasteiger partial charge in [0.25, 0.3) is 0 Å². The Morgan fingerprint density at radius 1 is 1.20 bits per heavy atom. The number of anilines is 1. The van der Waals surface area contributed by atoms with Crippen LogP contribution in [0.1, 0.15) is 0 Å². The van der Waals surface area contributed by atoms with Gasteiger partial charge in [0.2, 0.25) is 5.91 Å². The molecule has 15 heavy (non-hydrogen) atoms. The second-order valence-corrected chi connectivity index (χ2v) is 9.65. The van der Waals surface area contributed by atoms with Gasteiger partial charge in [0.05, 0.1) is 8.07 Å². The van der Waals surface area contributed by atoms with E-state index in [4.69, 9.17) is 0 Å². The zero-order chi connectivity index (χ0) is 11.5. The first-order valence-electron chi connectivity index (χ1n) is 4.97. The topological polar surface area (TPSA) is 29.1 Å². The fourth-order valence-corrected chi connectivity index (χ4v) is 1.81. The van der Waals surface area contributed by atoms with Crippen LogP contribution in [0.15, 0.2) is 42.1 Å². The van der Waals surface area contributed by atoms with Gasteiger partial charge in [-0.2, -0.15) is 0 Å². The van der Waals surface area contributed by atoms with Crippen LogP contribution in [0.3, 0.4) is 0 Å². The number of nitrogens with one attached hydrogen (secondary N) is 1. The highest BCUT2D eigenvalue weighted by atomic mass is 28.3. The van der Waals surface area contributed by atoms with Crippen molar-refractivity contribution in [3.8, 4) is 0 Å². The minimum atomic E-state index is -1.58. The Hall–Kier alpha value is -1.35. The Kier molecular flexibility index (Phi) is 3.47. The molecule has 0 unspecified atom stereocenters. The summed E-state index contributed by atoms with van der Waals surface area (Å²) in [7, 11) is -1.58. The zero-order valence-electron chi connectivity index (χ0n) is 9.50. The summed E-state index contributed by atoms with van der Waals surface area (Å²) in [6.45, 7) is 10.2. The largest absolute Gasteiger partial charge is 0.323 e. The number of carbonyl (C=O) groups is 1. The molecule has 0 fully saturated rings. The van der Waals surface area contributed by atoms with Gasteiger partial charge in [-0.25, -0.2) is 0 Å². The van der Waals surface area contributed by atoms with Crippen LogP contribution in [0.25, 0.3) is 0 Å². The molecule has 1 aromatic carbocycles. The normalized spacial score (nSPS) is 10.9. The van der Waals surface area contributed by atoms with E-state index in [0.717, 1.165) is 10.9 Å². The molecule has 0 aliphatic rings. The summed E-state index contributed by atoms with van der Waals surface area (Å²) in [6, 6.07) is 9.45. The highest BCUT2D eigenvalue weighted by Crippen LogP contribution is 2.15. The number of benzene rings is 1. The van der Waals surface area contributed by atoms with Crippen LogP contribution in [0, 0.1) is 0 Å². The fourth-order valence-electron chi connectivity index (χ4n) is 1.07. The summed E-state index contributed by atoms with van der Waals surface area (Å²) < 4.78 is 0. The van der Waals surface area contributed by atoms with Crippen LogP contribution in [-0.4, -0.2) is 14.0 Å². The molecule has 3 heteroatoms. The van der Waals surface area contributed by atoms with E-state index in [1.54, 1.807) is 0 Å². The van der Waals surface area contributed by atoms with Crippen molar-refractivity contribution in [2.24, 2.45) is 0 Å². The van der Waals surface area contributed by atoms with E-state index in [2.05, 4.69) is 31.5 Å². The van der Waals surface area contributed by atoms with Crippen molar-refractivity contribution in [2.75, 3.05) is 5.32 Å². The van der Waals surface area contributed by atoms with Crippen LogP contribution in [-0.2, 0) is 4.79 Å². The molecule has 1 rings (SSSR count). The standard InChI is InChI=1S/C12H17NOSi/c1-10(15(2,3)4)12(14)13-11-8-6-5-7-9-11/h5-9H,1H2,2-4H3,(H,13,14). The van der Waals surface area contributed by atoms with E-state index < -0.39 is 8.07 Å². The summed E-state index contributed by atoms with van der Waals surface area (Å²) in [5.74, 6) is -0.0552. The Morgan fingerprint density at radius 3 is 2.20 bits per heavy atom. The fraction of sp³-hybridized carbons (Fsp3) is 0.250. The zero-order valence-corrected chi connectivity index (χ0v) is 10.5. The molecule has 0 radical (unpaired) electrons. The summed E-state index contributed by atoms with van der Waals surface area (Å²) in [6.07, 6.45) is 0. The molecule has 0 bridgehead atoms. The quantitative estimate of drug-likeness (QED) is 0.614. The van der Waals surface area contributed by atoms with E-state index in [-0.39, 0.29) is 5.91 Å². The van der Waals surface area contributed by atoms with Crippen molar-refractivity contribution < 1.29 is 4.79 Å². The van der Waals surface area contributed by atoms with Gasteiger partial charge in [-0.15, -0.1) is 0 Å². The SMILES string of the molecule is C=C(C(=O)Nc1ccccc1)[Si](C)(C)C. The summed E-state index contributed by atoms with van der Waals surface area (Å²) in [4.78, 5) is 11.8. The van der Waals surface area contributed by atoms with E-state index in [1.807, 2.05) is 30.3 Å². The lowest BCUT2D eigenvalue weighted by Gasteiger charge is -2.18. The van der Waals surface area contributed by atoms with Gasteiger partial charge < -0.3 is 5.32 Å². The number of para-hydroxylation sites is 1. The lowest BCUT2D eigenvalue weighted by atomic mass is 10.3. The Morgan fingerprint density at radius 2 is 1.73 bits per heavy atom. The van der Waals surface area contributed by atoms with Gasteiger partial charge in [0.15, 0.2) is 0 Å². The van der Waals surface area contributed by atoms with Gasteiger partial charge in [-0.3, -0.25) is 4.79 Å². The number of hydrogen-bond acceptors (Lipinski definition) is 1. The summed E-state index contributed by atoms with van der Waals surface area (Å²) >= 11 is 0. The Labute approximate surface area is 92.0 Å². The summed E-state index contributed by atoms with van der Waals surface area (Å²) in [5, 5.41) is 3.57. The van der Waals surface area contributed by atoms with Gasteiger partial charge in [-0.05, 0) is 17.3 Å². The lowest BCUT2D eigenvalue weighted by molar-refractivity contribution is -0.112. The van der Waals surface area contributed by atoms with E-state index in [1.165, 1.54) is 0 Å². The average molecular weight is 219 g/mol. The first kappa shape index (κ1) is 11.7. The predicted molar refractivity (Wildman–Crippen MR) is 67.6 cm³/mol. The van der Waals surface area contributed by atoms with E-state index in [0.29, 0.717) is 0 Å². The summed E-state index contributed by atoms with van der Waals surface area (Å²) in [5.41, 5.74) is 0.821. The monoisotopic (exact) mass is 219 g/mol. The van der Waals surface area contributed by atoms with Crippen molar-refractivity contribution >= 4 is 19.7 Å². The molecule has 2 nitrogen and oxygen atoms in total. The van der Waals surface area contributed by atoms with Crippen LogP contribution >= 0.6 is 0 Å². The van der Waals surface area contributed by atoms with Crippen LogP contribution in [0.5, 0.6) is 0 Å². The minimum absolute atomic E-state index is 0.0552. The second kappa shape index (κ2) is 4.44. The van der Waals surface area contributed by atoms with E-state index >= 15 is 0 Å². The molecule has 0 saturated carbocycles. The second-order valence-electron chi connectivity index (χ2n) is 4.55. The van der Waals surface area contributed by atoms with Crippen molar-refractivity contribution in [3.63, 3.8) is 0 Å². The molecule has 0 aromatic heterocycles. The average Bonchev–Trinajstić information content (AvgIpc) is 2.16. The molecule has 0 spiro atoms. The maximum absolute atomic E-state index is 11.8. The van der Waals surface area contributed by atoms with Gasteiger partial charge in [-0.1, -0.05) is 44.4 Å². The first-order valence-corrected chi connectivity index (χ1v) is 8.47. The highest BCUT2D eigenvalue weighted by Gasteiger charge is 2.23. The molecular formula is C12H17NOSi. The lowest BCUT2D eigenvalue weighted by Crippen LogP contribution is -2.32. The maximum Gasteiger partial charge on any atom is 0.246 e. The number of carbonyl (C=O) groups excluding carboxylic acids is 1. The van der Waals surface area contributed by atoms with Gasteiger partial charge in [0, 0.05) is 5.69 Å². The molecular weight excluding hydrogens is 202 g/mol. The van der Waals surface area contributed by atoms with Crippen LogP contribution < -0.4 is 5.32 Å². The molecule has 0 heterocycles. The van der Waals surface area contributed by atoms with Gasteiger partial charge >= 0.3 is 0 Å². The molecule has 1 N–H and O–H groups in total. The van der Waals surface area contributed by atoms with Crippen molar-refractivity contribution in [1.29, 1.82) is 0 Å². The van der Waals surface area contributed by atoms with Crippen molar-refractivity contribution in [2.45, 2.75) is 19.6 Å². The predicted octanol–water partition coefficient (Wildman–Crippen LogP) is 3.06. The van der Waals surface area contributed by atoms with E-state index in [9.17, 15) is 4.79 Å². The van der Waals surface area contributed by atoms with Crippen molar-refractivity contribution in [1.82, 2.24) is 0 Å². The number of hydrogen-bond donors (Lipinski definition) is 1. The first-order chi connectivity index (χ1) is 6.91. The molecule has 0 aliphatic heterocycles.